The molecule has 2 nitrogen and oxygen atoms in total. The molecule has 1 fully saturated rings. The van der Waals surface area contributed by atoms with Crippen LogP contribution in [0, 0.1) is 12.7 Å². The third-order valence-corrected chi connectivity index (χ3v) is 2.71. The standard InChI is InChI=1S/C11H13FO2/c1-7-3-4-8(14-2)9(10(7)12)11(13)5-6-11/h3-4,13H,5-6H2,1-2H3. The molecule has 2 rings (SSSR count). The molecule has 0 aromatic heterocycles. The van der Waals surface area contributed by atoms with Crippen LogP contribution in [0.1, 0.15) is 24.0 Å². The van der Waals surface area contributed by atoms with Crippen LogP contribution in [-0.4, -0.2) is 12.2 Å². The third-order valence-electron chi connectivity index (χ3n) is 2.71. The van der Waals surface area contributed by atoms with Crippen molar-refractivity contribution in [1.29, 1.82) is 0 Å². The van der Waals surface area contributed by atoms with Crippen LogP contribution in [0.25, 0.3) is 0 Å². The van der Waals surface area contributed by atoms with Gasteiger partial charge in [0, 0.05) is 0 Å². The fraction of sp³-hybridized carbons (Fsp3) is 0.455. The maximum absolute atomic E-state index is 13.7. The summed E-state index contributed by atoms with van der Waals surface area (Å²) in [7, 11) is 1.49. The average molecular weight is 196 g/mol. The molecule has 0 radical (unpaired) electrons. The summed E-state index contributed by atoms with van der Waals surface area (Å²) in [6, 6.07) is 3.35. The highest BCUT2D eigenvalue weighted by Crippen LogP contribution is 2.50. The normalized spacial score (nSPS) is 18.0. The maximum atomic E-state index is 13.7. The van der Waals surface area contributed by atoms with E-state index >= 15 is 0 Å². The number of ether oxygens (including phenoxy) is 1. The molecule has 1 N–H and O–H groups in total. The Balaban J connectivity index is 2.59. The van der Waals surface area contributed by atoms with Crippen molar-refractivity contribution >= 4 is 0 Å². The highest BCUT2D eigenvalue weighted by molar-refractivity contribution is 5.44. The second kappa shape index (κ2) is 2.95. The van der Waals surface area contributed by atoms with Gasteiger partial charge in [0.1, 0.15) is 11.6 Å². The van der Waals surface area contributed by atoms with Crippen LogP contribution in [0.4, 0.5) is 4.39 Å². The van der Waals surface area contributed by atoms with E-state index in [9.17, 15) is 9.50 Å². The van der Waals surface area contributed by atoms with Gasteiger partial charge >= 0.3 is 0 Å². The first kappa shape index (κ1) is 9.46. The van der Waals surface area contributed by atoms with Gasteiger partial charge in [-0.25, -0.2) is 4.39 Å². The Hall–Kier alpha value is -1.09. The van der Waals surface area contributed by atoms with Crippen molar-refractivity contribution in [2.45, 2.75) is 25.4 Å². The predicted molar refractivity (Wildman–Crippen MR) is 50.8 cm³/mol. The van der Waals surface area contributed by atoms with Crippen LogP contribution in [0.15, 0.2) is 12.1 Å². The highest BCUT2D eigenvalue weighted by Gasteiger charge is 2.46. The zero-order chi connectivity index (χ0) is 10.3. The summed E-state index contributed by atoms with van der Waals surface area (Å²) in [5.74, 6) is 0.0949. The molecule has 76 valence electrons. The number of halogens is 1. The molecule has 1 aliphatic carbocycles. The zero-order valence-corrected chi connectivity index (χ0v) is 8.30. The van der Waals surface area contributed by atoms with Crippen molar-refractivity contribution in [2.75, 3.05) is 7.11 Å². The summed E-state index contributed by atoms with van der Waals surface area (Å²) < 4.78 is 18.8. The maximum Gasteiger partial charge on any atom is 0.135 e. The Morgan fingerprint density at radius 3 is 2.57 bits per heavy atom. The van der Waals surface area contributed by atoms with E-state index < -0.39 is 5.60 Å². The number of hydrogen-bond donors (Lipinski definition) is 1. The first-order chi connectivity index (χ1) is 6.58. The Labute approximate surface area is 82.3 Å². The van der Waals surface area contributed by atoms with Gasteiger partial charge in [-0.2, -0.15) is 0 Å². The molecule has 0 heterocycles. The molecular weight excluding hydrogens is 183 g/mol. The summed E-state index contributed by atoms with van der Waals surface area (Å²) >= 11 is 0. The van der Waals surface area contributed by atoms with E-state index in [2.05, 4.69) is 0 Å². The minimum absolute atomic E-state index is 0.319. The fourth-order valence-electron chi connectivity index (χ4n) is 1.63. The van der Waals surface area contributed by atoms with Crippen molar-refractivity contribution in [3.8, 4) is 5.75 Å². The smallest absolute Gasteiger partial charge is 0.135 e. The van der Waals surface area contributed by atoms with E-state index in [1.807, 2.05) is 0 Å². The van der Waals surface area contributed by atoms with Gasteiger partial charge in [-0.05, 0) is 31.4 Å². The second-order valence-electron chi connectivity index (χ2n) is 3.81. The molecule has 0 bridgehead atoms. The lowest BCUT2D eigenvalue weighted by molar-refractivity contribution is 0.142. The fourth-order valence-corrected chi connectivity index (χ4v) is 1.63. The van der Waals surface area contributed by atoms with Crippen LogP contribution in [0.3, 0.4) is 0 Å². The summed E-state index contributed by atoms with van der Waals surface area (Å²) in [6.45, 7) is 1.68. The van der Waals surface area contributed by atoms with Gasteiger partial charge in [0.05, 0.1) is 18.3 Å². The summed E-state index contributed by atoms with van der Waals surface area (Å²) in [5, 5.41) is 9.90. The minimum atomic E-state index is -0.985. The first-order valence-corrected chi connectivity index (χ1v) is 4.64. The molecule has 1 saturated carbocycles. The van der Waals surface area contributed by atoms with Gasteiger partial charge in [-0.15, -0.1) is 0 Å². The molecule has 14 heavy (non-hydrogen) atoms. The van der Waals surface area contributed by atoms with Crippen LogP contribution in [-0.2, 0) is 5.60 Å². The molecule has 1 aromatic carbocycles. The summed E-state index contributed by atoms with van der Waals surface area (Å²) in [5.41, 5.74) is -0.123. The molecule has 0 unspecified atom stereocenters. The Kier molecular flexibility index (Phi) is 2.00. The number of benzene rings is 1. The molecule has 3 heteroatoms. The number of hydrogen-bond acceptors (Lipinski definition) is 2. The van der Waals surface area contributed by atoms with Gasteiger partial charge in [-0.3, -0.25) is 0 Å². The quantitative estimate of drug-likeness (QED) is 0.785. The van der Waals surface area contributed by atoms with Gasteiger partial charge in [0.25, 0.3) is 0 Å². The Morgan fingerprint density at radius 1 is 1.43 bits per heavy atom. The van der Waals surface area contributed by atoms with Crippen molar-refractivity contribution in [3.63, 3.8) is 0 Å². The minimum Gasteiger partial charge on any atom is -0.496 e. The number of methoxy groups -OCH3 is 1. The van der Waals surface area contributed by atoms with E-state index in [-0.39, 0.29) is 5.82 Å². The van der Waals surface area contributed by atoms with E-state index in [4.69, 9.17) is 4.74 Å². The molecule has 1 aliphatic rings. The van der Waals surface area contributed by atoms with Gasteiger partial charge in [0.15, 0.2) is 0 Å². The number of aryl methyl sites for hydroxylation is 1. The molecule has 0 saturated heterocycles. The van der Waals surface area contributed by atoms with Crippen LogP contribution in [0.2, 0.25) is 0 Å². The van der Waals surface area contributed by atoms with Gasteiger partial charge in [-0.1, -0.05) is 6.07 Å². The Morgan fingerprint density at radius 2 is 2.07 bits per heavy atom. The van der Waals surface area contributed by atoms with E-state index in [0.29, 0.717) is 29.7 Å². The number of aliphatic hydroxyl groups is 1. The molecule has 0 aliphatic heterocycles. The van der Waals surface area contributed by atoms with E-state index in [1.165, 1.54) is 7.11 Å². The summed E-state index contributed by atoms with van der Waals surface area (Å²) in [6.07, 6.45) is 1.23. The lowest BCUT2D eigenvalue weighted by Gasteiger charge is -2.15. The third kappa shape index (κ3) is 1.28. The monoisotopic (exact) mass is 196 g/mol. The predicted octanol–water partition coefficient (Wildman–Crippen LogP) is 2.12. The lowest BCUT2D eigenvalue weighted by Crippen LogP contribution is -2.10. The average Bonchev–Trinajstić information content (AvgIpc) is 2.89. The van der Waals surface area contributed by atoms with E-state index in [0.717, 1.165) is 0 Å². The topological polar surface area (TPSA) is 29.5 Å². The lowest BCUT2D eigenvalue weighted by atomic mass is 10.0. The molecule has 0 atom stereocenters. The van der Waals surface area contributed by atoms with Crippen molar-refractivity contribution in [3.05, 3.63) is 29.1 Å². The first-order valence-electron chi connectivity index (χ1n) is 4.64. The van der Waals surface area contributed by atoms with Gasteiger partial charge in [0.2, 0.25) is 0 Å². The van der Waals surface area contributed by atoms with Gasteiger partial charge < -0.3 is 9.84 Å². The van der Waals surface area contributed by atoms with E-state index in [1.54, 1.807) is 19.1 Å². The van der Waals surface area contributed by atoms with Crippen LogP contribution >= 0.6 is 0 Å². The molecule has 0 amide bonds. The van der Waals surface area contributed by atoms with Crippen LogP contribution < -0.4 is 4.74 Å². The molecule has 1 aromatic rings. The van der Waals surface area contributed by atoms with Crippen molar-refractivity contribution < 1.29 is 14.2 Å². The molecular formula is C11H13FO2. The summed E-state index contributed by atoms with van der Waals surface area (Å²) in [4.78, 5) is 0. The second-order valence-corrected chi connectivity index (χ2v) is 3.81. The zero-order valence-electron chi connectivity index (χ0n) is 8.30. The Bertz CT molecular complexity index is 370. The van der Waals surface area contributed by atoms with Crippen molar-refractivity contribution in [1.82, 2.24) is 0 Å². The van der Waals surface area contributed by atoms with Crippen molar-refractivity contribution in [2.24, 2.45) is 0 Å². The number of rotatable bonds is 2. The highest BCUT2D eigenvalue weighted by atomic mass is 19.1. The molecule has 0 spiro atoms. The SMILES string of the molecule is COc1ccc(C)c(F)c1C1(O)CC1. The largest absolute Gasteiger partial charge is 0.496 e. The van der Waals surface area contributed by atoms with Crippen LogP contribution in [0.5, 0.6) is 5.75 Å².